The third-order valence-electron chi connectivity index (χ3n) is 3.81. The molecular formula is C18H14F3N3S. The molecule has 0 saturated heterocycles. The van der Waals surface area contributed by atoms with Crippen molar-refractivity contribution in [3.05, 3.63) is 64.7 Å². The normalized spacial score (nSPS) is 14.1. The molecule has 1 aliphatic rings. The van der Waals surface area contributed by atoms with E-state index in [1.807, 2.05) is 0 Å². The largest absolute Gasteiger partial charge is 0.416 e. The Morgan fingerprint density at radius 2 is 1.96 bits per heavy atom. The standard InChI is InChI=1S/C18H14F3N3S/c19-18(20,21)15-6-2-1-4-12(15)10-14-13(11-22)5-3-7-16(14)24-17-23-8-9-25-17/h1-7H,8-10H2,(H,23,24). The molecule has 1 aliphatic heterocycles. The molecule has 1 N–H and O–H groups in total. The van der Waals surface area contributed by atoms with E-state index in [1.165, 1.54) is 12.1 Å². The first kappa shape index (κ1) is 17.4. The van der Waals surface area contributed by atoms with Gasteiger partial charge in [-0.2, -0.15) is 18.4 Å². The molecule has 1 heterocycles. The lowest BCUT2D eigenvalue weighted by Gasteiger charge is -2.16. The number of hydrogen-bond acceptors (Lipinski definition) is 4. The number of halogens is 3. The predicted octanol–water partition coefficient (Wildman–Crippen LogP) is 4.68. The van der Waals surface area contributed by atoms with E-state index in [0.717, 1.165) is 17.0 Å². The van der Waals surface area contributed by atoms with E-state index in [1.54, 1.807) is 36.0 Å². The Kier molecular flexibility index (Phi) is 5.00. The molecule has 0 bridgehead atoms. The summed E-state index contributed by atoms with van der Waals surface area (Å²) in [6.07, 6.45) is -4.42. The number of nitrogens with one attached hydrogen (secondary N) is 1. The van der Waals surface area contributed by atoms with Crippen molar-refractivity contribution >= 4 is 22.6 Å². The molecule has 2 aromatic rings. The Morgan fingerprint density at radius 1 is 1.16 bits per heavy atom. The predicted molar refractivity (Wildman–Crippen MR) is 93.8 cm³/mol. The lowest BCUT2D eigenvalue weighted by atomic mass is 9.95. The van der Waals surface area contributed by atoms with Gasteiger partial charge in [0.1, 0.15) is 0 Å². The van der Waals surface area contributed by atoms with E-state index in [0.29, 0.717) is 23.4 Å². The first-order chi connectivity index (χ1) is 12.0. The fourth-order valence-corrected chi connectivity index (χ4v) is 3.41. The van der Waals surface area contributed by atoms with Gasteiger partial charge in [0.05, 0.1) is 23.7 Å². The van der Waals surface area contributed by atoms with Crippen LogP contribution < -0.4 is 5.32 Å². The highest BCUT2D eigenvalue weighted by Crippen LogP contribution is 2.34. The van der Waals surface area contributed by atoms with Crippen LogP contribution in [0.4, 0.5) is 18.9 Å². The minimum Gasteiger partial charge on any atom is -0.335 e. The number of anilines is 1. The van der Waals surface area contributed by atoms with E-state index in [4.69, 9.17) is 0 Å². The van der Waals surface area contributed by atoms with Gasteiger partial charge in [0.15, 0.2) is 5.17 Å². The van der Waals surface area contributed by atoms with E-state index in [-0.39, 0.29) is 12.0 Å². The number of amidine groups is 1. The van der Waals surface area contributed by atoms with Crippen molar-refractivity contribution in [1.29, 1.82) is 5.26 Å². The topological polar surface area (TPSA) is 48.2 Å². The maximum atomic E-state index is 13.3. The number of benzene rings is 2. The van der Waals surface area contributed by atoms with Crippen LogP contribution in [0.2, 0.25) is 0 Å². The Balaban J connectivity index is 2.01. The van der Waals surface area contributed by atoms with E-state index < -0.39 is 11.7 Å². The molecule has 0 amide bonds. The van der Waals surface area contributed by atoms with Gasteiger partial charge in [0, 0.05) is 17.9 Å². The van der Waals surface area contributed by atoms with Crippen LogP contribution in [-0.2, 0) is 12.6 Å². The van der Waals surface area contributed by atoms with Gasteiger partial charge in [-0.1, -0.05) is 36.0 Å². The summed E-state index contributed by atoms with van der Waals surface area (Å²) in [5.74, 6) is 0.868. The quantitative estimate of drug-likeness (QED) is 0.863. The summed E-state index contributed by atoms with van der Waals surface area (Å²) in [7, 11) is 0. The Labute approximate surface area is 147 Å². The monoisotopic (exact) mass is 361 g/mol. The van der Waals surface area contributed by atoms with Crippen molar-refractivity contribution in [3.8, 4) is 6.07 Å². The van der Waals surface area contributed by atoms with E-state index >= 15 is 0 Å². The SMILES string of the molecule is N#Cc1cccc(NC2=NCCS2)c1Cc1ccccc1C(F)(F)F. The van der Waals surface area contributed by atoms with Crippen LogP contribution in [0.5, 0.6) is 0 Å². The van der Waals surface area contributed by atoms with Crippen molar-refractivity contribution in [2.24, 2.45) is 4.99 Å². The second-order valence-electron chi connectivity index (χ2n) is 5.44. The van der Waals surface area contributed by atoms with Gasteiger partial charge in [0.25, 0.3) is 0 Å². The van der Waals surface area contributed by atoms with Crippen molar-refractivity contribution in [1.82, 2.24) is 0 Å². The maximum Gasteiger partial charge on any atom is 0.416 e. The van der Waals surface area contributed by atoms with Crippen LogP contribution in [0.3, 0.4) is 0 Å². The summed E-state index contributed by atoms with van der Waals surface area (Å²) in [4.78, 5) is 4.30. The Hall–Kier alpha value is -2.46. The van der Waals surface area contributed by atoms with Crippen LogP contribution in [0, 0.1) is 11.3 Å². The zero-order valence-corrected chi connectivity index (χ0v) is 13.9. The summed E-state index contributed by atoms with van der Waals surface area (Å²) in [5, 5.41) is 13.2. The van der Waals surface area contributed by atoms with Gasteiger partial charge in [-0.05, 0) is 29.3 Å². The molecule has 0 unspecified atom stereocenters. The zero-order chi connectivity index (χ0) is 17.9. The van der Waals surface area contributed by atoms with Gasteiger partial charge in [-0.3, -0.25) is 4.99 Å². The average Bonchev–Trinajstić information content (AvgIpc) is 3.09. The second-order valence-corrected chi connectivity index (χ2v) is 6.52. The van der Waals surface area contributed by atoms with Crippen molar-refractivity contribution in [2.45, 2.75) is 12.6 Å². The molecular weight excluding hydrogens is 347 g/mol. The summed E-state index contributed by atoms with van der Waals surface area (Å²) in [5.41, 5.74) is 0.967. The van der Waals surface area contributed by atoms with Gasteiger partial charge < -0.3 is 5.32 Å². The maximum absolute atomic E-state index is 13.3. The molecule has 3 rings (SSSR count). The lowest BCUT2D eigenvalue weighted by Crippen LogP contribution is -2.12. The van der Waals surface area contributed by atoms with Crippen molar-refractivity contribution in [2.75, 3.05) is 17.6 Å². The fraction of sp³-hybridized carbons (Fsp3) is 0.222. The van der Waals surface area contributed by atoms with E-state index in [9.17, 15) is 18.4 Å². The first-order valence-electron chi connectivity index (χ1n) is 7.60. The third kappa shape index (κ3) is 3.97. The molecule has 7 heteroatoms. The molecule has 128 valence electrons. The summed E-state index contributed by atoms with van der Waals surface area (Å²) in [6, 6.07) is 12.6. The summed E-state index contributed by atoms with van der Waals surface area (Å²) < 4.78 is 39.8. The average molecular weight is 361 g/mol. The lowest BCUT2D eigenvalue weighted by molar-refractivity contribution is -0.138. The molecule has 0 spiro atoms. The van der Waals surface area contributed by atoms with Crippen LogP contribution in [0.25, 0.3) is 0 Å². The number of nitrogens with zero attached hydrogens (tertiary/aromatic N) is 2. The number of alkyl halides is 3. The van der Waals surface area contributed by atoms with Gasteiger partial charge >= 0.3 is 6.18 Å². The Morgan fingerprint density at radius 3 is 2.64 bits per heavy atom. The molecule has 25 heavy (non-hydrogen) atoms. The highest BCUT2D eigenvalue weighted by Gasteiger charge is 2.33. The van der Waals surface area contributed by atoms with Gasteiger partial charge in [-0.25, -0.2) is 0 Å². The second kappa shape index (κ2) is 7.19. The molecule has 0 saturated carbocycles. The van der Waals surface area contributed by atoms with E-state index in [2.05, 4.69) is 16.4 Å². The van der Waals surface area contributed by atoms with Crippen LogP contribution in [0.1, 0.15) is 22.3 Å². The number of thioether (sulfide) groups is 1. The minimum absolute atomic E-state index is 0.0136. The number of nitriles is 1. The van der Waals surface area contributed by atoms with Crippen molar-refractivity contribution < 1.29 is 13.2 Å². The molecule has 0 fully saturated rings. The number of hydrogen-bond donors (Lipinski definition) is 1. The third-order valence-corrected chi connectivity index (χ3v) is 4.70. The van der Waals surface area contributed by atoms with Gasteiger partial charge in [-0.15, -0.1) is 0 Å². The number of aliphatic imine (C=N–C) groups is 1. The fourth-order valence-electron chi connectivity index (χ4n) is 2.67. The molecule has 0 atom stereocenters. The molecule has 0 radical (unpaired) electrons. The molecule has 3 nitrogen and oxygen atoms in total. The summed E-state index contributed by atoms with van der Waals surface area (Å²) in [6.45, 7) is 0.706. The first-order valence-corrected chi connectivity index (χ1v) is 8.59. The molecule has 2 aromatic carbocycles. The Bertz CT molecular complexity index is 853. The highest BCUT2D eigenvalue weighted by atomic mass is 32.2. The minimum atomic E-state index is -4.43. The zero-order valence-electron chi connectivity index (χ0n) is 13.1. The smallest absolute Gasteiger partial charge is 0.335 e. The highest BCUT2D eigenvalue weighted by molar-refractivity contribution is 8.14. The molecule has 0 aliphatic carbocycles. The van der Waals surface area contributed by atoms with Crippen LogP contribution >= 0.6 is 11.8 Å². The molecule has 0 aromatic heterocycles. The summed E-state index contributed by atoms with van der Waals surface area (Å²) >= 11 is 1.55. The van der Waals surface area contributed by atoms with Gasteiger partial charge in [0.2, 0.25) is 0 Å². The van der Waals surface area contributed by atoms with Crippen LogP contribution in [0.15, 0.2) is 47.5 Å². The number of rotatable bonds is 3. The van der Waals surface area contributed by atoms with Crippen molar-refractivity contribution in [3.63, 3.8) is 0 Å². The van der Waals surface area contributed by atoms with Crippen LogP contribution in [-0.4, -0.2) is 17.5 Å².